The van der Waals surface area contributed by atoms with Crippen molar-refractivity contribution >= 4 is 23.2 Å². The van der Waals surface area contributed by atoms with Crippen molar-refractivity contribution in [2.45, 2.75) is 6.92 Å². The van der Waals surface area contributed by atoms with Gasteiger partial charge in [-0.05, 0) is 31.2 Å². The average molecular weight is 243 g/mol. The molecule has 0 amide bonds. The second kappa shape index (κ2) is 4.75. The van der Waals surface area contributed by atoms with Crippen LogP contribution in [0.15, 0.2) is 36.4 Å². The molecule has 2 rings (SSSR count). The normalized spacial score (nSPS) is 10.1. The number of benzene rings is 1. The summed E-state index contributed by atoms with van der Waals surface area (Å²) in [6, 6.07) is 10.5. The van der Waals surface area contributed by atoms with E-state index >= 15 is 0 Å². The Bertz CT molecular complexity index is 579. The number of aromatic carboxylic acids is 1. The Hall–Kier alpha value is -2.56. The third-order valence-corrected chi connectivity index (χ3v) is 2.46. The summed E-state index contributed by atoms with van der Waals surface area (Å²) in [7, 11) is 0. The number of carboxylic acid groups (broad SMARTS) is 1. The summed E-state index contributed by atoms with van der Waals surface area (Å²) in [6.07, 6.45) is 0. The maximum atomic E-state index is 10.8. The van der Waals surface area contributed by atoms with Crippen molar-refractivity contribution in [3.63, 3.8) is 0 Å². The summed E-state index contributed by atoms with van der Waals surface area (Å²) < 4.78 is 0. The Morgan fingerprint density at radius 3 is 2.50 bits per heavy atom. The molecule has 0 saturated carbocycles. The van der Waals surface area contributed by atoms with Gasteiger partial charge in [0.25, 0.3) is 0 Å². The van der Waals surface area contributed by atoms with Gasteiger partial charge in [-0.3, -0.25) is 0 Å². The number of rotatable bonds is 3. The molecule has 5 nitrogen and oxygen atoms in total. The molecule has 0 bridgehead atoms. The van der Waals surface area contributed by atoms with Crippen LogP contribution < -0.4 is 11.1 Å². The van der Waals surface area contributed by atoms with Crippen molar-refractivity contribution in [2.24, 2.45) is 0 Å². The van der Waals surface area contributed by atoms with Crippen LogP contribution in [0.25, 0.3) is 0 Å². The molecule has 1 heterocycles. The van der Waals surface area contributed by atoms with E-state index in [0.717, 1.165) is 11.3 Å². The van der Waals surface area contributed by atoms with Crippen molar-refractivity contribution in [2.75, 3.05) is 11.1 Å². The third-order valence-electron chi connectivity index (χ3n) is 2.46. The number of carboxylic acids is 1. The average Bonchev–Trinajstić information content (AvgIpc) is 2.34. The van der Waals surface area contributed by atoms with Crippen LogP contribution in [-0.2, 0) is 0 Å². The number of nitrogens with zero attached hydrogens (tertiary/aromatic N) is 1. The molecule has 0 aliphatic heterocycles. The minimum Gasteiger partial charge on any atom is -0.477 e. The smallest absolute Gasteiger partial charge is 0.354 e. The zero-order valence-corrected chi connectivity index (χ0v) is 9.84. The number of hydrogen-bond donors (Lipinski definition) is 3. The lowest BCUT2D eigenvalue weighted by atomic mass is 10.2. The number of hydrogen-bond acceptors (Lipinski definition) is 4. The molecule has 1 aromatic carbocycles. The van der Waals surface area contributed by atoms with Crippen molar-refractivity contribution in [1.82, 2.24) is 4.98 Å². The fourth-order valence-electron chi connectivity index (χ4n) is 1.46. The molecule has 0 aliphatic carbocycles. The highest BCUT2D eigenvalue weighted by Gasteiger charge is 2.08. The van der Waals surface area contributed by atoms with Crippen molar-refractivity contribution < 1.29 is 9.90 Å². The largest absolute Gasteiger partial charge is 0.477 e. The predicted molar refractivity (Wildman–Crippen MR) is 70.1 cm³/mol. The summed E-state index contributed by atoms with van der Waals surface area (Å²) in [5.41, 5.74) is 8.06. The van der Waals surface area contributed by atoms with E-state index in [-0.39, 0.29) is 5.69 Å². The van der Waals surface area contributed by atoms with Gasteiger partial charge in [-0.1, -0.05) is 17.7 Å². The number of nitrogens with one attached hydrogen (secondary N) is 1. The molecule has 5 heteroatoms. The van der Waals surface area contributed by atoms with Crippen LogP contribution in [0.3, 0.4) is 0 Å². The first-order valence-electron chi connectivity index (χ1n) is 5.40. The van der Waals surface area contributed by atoms with E-state index in [1.165, 1.54) is 12.1 Å². The van der Waals surface area contributed by atoms with Gasteiger partial charge in [-0.25, -0.2) is 9.78 Å². The van der Waals surface area contributed by atoms with Crippen LogP contribution >= 0.6 is 0 Å². The van der Waals surface area contributed by atoms with Crippen molar-refractivity contribution in [1.29, 1.82) is 0 Å². The molecule has 0 atom stereocenters. The highest BCUT2D eigenvalue weighted by Crippen LogP contribution is 2.21. The Morgan fingerprint density at radius 1 is 1.22 bits per heavy atom. The maximum Gasteiger partial charge on any atom is 0.354 e. The highest BCUT2D eigenvalue weighted by molar-refractivity contribution is 5.87. The summed E-state index contributed by atoms with van der Waals surface area (Å²) in [5.74, 6) is -0.735. The lowest BCUT2D eigenvalue weighted by Crippen LogP contribution is -2.05. The number of pyridine rings is 1. The molecule has 0 fully saturated rings. The standard InChI is InChI=1S/C13H13N3O2/c1-8-2-4-9(5-3-8)15-12-10(14)6-7-11(16-12)13(17)18/h2-7H,14H2,1H3,(H,15,16)(H,17,18). The second-order valence-electron chi connectivity index (χ2n) is 3.93. The van der Waals surface area contributed by atoms with Gasteiger partial charge in [0.15, 0.2) is 11.5 Å². The molecule has 92 valence electrons. The fourth-order valence-corrected chi connectivity index (χ4v) is 1.46. The number of nitrogens with two attached hydrogens (primary N) is 1. The first-order valence-corrected chi connectivity index (χ1v) is 5.40. The van der Waals surface area contributed by atoms with Crippen LogP contribution in [0, 0.1) is 6.92 Å². The van der Waals surface area contributed by atoms with Gasteiger partial charge in [0.2, 0.25) is 0 Å². The molecule has 0 aliphatic rings. The van der Waals surface area contributed by atoms with Gasteiger partial charge in [0.1, 0.15) is 0 Å². The van der Waals surface area contributed by atoms with Crippen LogP contribution in [-0.4, -0.2) is 16.1 Å². The van der Waals surface area contributed by atoms with Crippen LogP contribution in [0.5, 0.6) is 0 Å². The minimum absolute atomic E-state index is 0.0428. The van der Waals surface area contributed by atoms with E-state index in [9.17, 15) is 4.79 Å². The number of aromatic nitrogens is 1. The number of aryl methyl sites for hydroxylation is 1. The van der Waals surface area contributed by atoms with Crippen molar-refractivity contribution in [3.8, 4) is 0 Å². The van der Waals surface area contributed by atoms with Gasteiger partial charge in [0, 0.05) is 5.69 Å². The molecule has 18 heavy (non-hydrogen) atoms. The molecule has 2 aromatic rings. The Balaban J connectivity index is 2.30. The fraction of sp³-hybridized carbons (Fsp3) is 0.0769. The molecule has 0 saturated heterocycles. The summed E-state index contributed by atoms with van der Waals surface area (Å²) in [5, 5.41) is 11.9. The molecule has 1 aromatic heterocycles. The van der Waals surface area contributed by atoms with Crippen LogP contribution in [0.4, 0.5) is 17.2 Å². The molecule has 0 unspecified atom stereocenters. The van der Waals surface area contributed by atoms with E-state index in [0.29, 0.717) is 11.5 Å². The van der Waals surface area contributed by atoms with Gasteiger partial charge in [-0.2, -0.15) is 0 Å². The maximum absolute atomic E-state index is 10.8. The van der Waals surface area contributed by atoms with E-state index in [2.05, 4.69) is 10.3 Å². The van der Waals surface area contributed by atoms with Crippen molar-refractivity contribution in [3.05, 3.63) is 47.7 Å². The van der Waals surface area contributed by atoms with Gasteiger partial charge in [0.05, 0.1) is 5.69 Å². The Kier molecular flexibility index (Phi) is 3.14. The molecule has 0 radical (unpaired) electrons. The Labute approximate surface area is 104 Å². The molecular weight excluding hydrogens is 230 g/mol. The monoisotopic (exact) mass is 243 g/mol. The summed E-state index contributed by atoms with van der Waals surface area (Å²) in [6.45, 7) is 1.99. The van der Waals surface area contributed by atoms with Gasteiger partial charge >= 0.3 is 5.97 Å². The Morgan fingerprint density at radius 2 is 1.89 bits per heavy atom. The van der Waals surface area contributed by atoms with Crippen LogP contribution in [0.1, 0.15) is 16.1 Å². The SMILES string of the molecule is Cc1ccc(Nc2nc(C(=O)O)ccc2N)cc1. The number of nitrogen functional groups attached to an aromatic ring is 1. The molecule has 4 N–H and O–H groups in total. The second-order valence-corrected chi connectivity index (χ2v) is 3.93. The van der Waals surface area contributed by atoms with E-state index in [1.54, 1.807) is 0 Å². The third kappa shape index (κ3) is 2.57. The van der Waals surface area contributed by atoms with E-state index in [4.69, 9.17) is 10.8 Å². The quantitative estimate of drug-likeness (QED) is 0.770. The van der Waals surface area contributed by atoms with E-state index < -0.39 is 5.97 Å². The molecular formula is C13H13N3O2. The zero-order valence-electron chi connectivity index (χ0n) is 9.84. The minimum atomic E-state index is -1.08. The summed E-state index contributed by atoms with van der Waals surface area (Å²) >= 11 is 0. The summed E-state index contributed by atoms with van der Waals surface area (Å²) in [4.78, 5) is 14.8. The zero-order chi connectivity index (χ0) is 13.1. The number of carbonyl (C=O) groups is 1. The number of anilines is 3. The highest BCUT2D eigenvalue weighted by atomic mass is 16.4. The predicted octanol–water partition coefficient (Wildman–Crippen LogP) is 2.41. The molecule has 0 spiro atoms. The lowest BCUT2D eigenvalue weighted by Gasteiger charge is -2.09. The first kappa shape index (κ1) is 11.9. The van der Waals surface area contributed by atoms with Gasteiger partial charge in [-0.15, -0.1) is 0 Å². The van der Waals surface area contributed by atoms with E-state index in [1.807, 2.05) is 31.2 Å². The lowest BCUT2D eigenvalue weighted by molar-refractivity contribution is 0.0690. The topological polar surface area (TPSA) is 88.2 Å². The van der Waals surface area contributed by atoms with Gasteiger partial charge < -0.3 is 16.2 Å². The van der Waals surface area contributed by atoms with Crippen LogP contribution in [0.2, 0.25) is 0 Å². The first-order chi connectivity index (χ1) is 8.56.